The Bertz CT molecular complexity index is 687. The minimum absolute atomic E-state index is 0.0188. The Kier molecular flexibility index (Phi) is 5.74. The van der Waals surface area contributed by atoms with Gasteiger partial charge in [-0.2, -0.15) is 0 Å². The highest BCUT2D eigenvalue weighted by Crippen LogP contribution is 2.35. The summed E-state index contributed by atoms with van der Waals surface area (Å²) >= 11 is 0. The zero-order valence-corrected chi connectivity index (χ0v) is 15.7. The highest BCUT2D eigenvalue weighted by atomic mass is 16.6. The van der Waals surface area contributed by atoms with E-state index in [0.29, 0.717) is 26.4 Å². The number of carbonyl (C=O) groups excluding carboxylic acids is 2. The van der Waals surface area contributed by atoms with E-state index in [1.807, 2.05) is 23.1 Å². The highest BCUT2D eigenvalue weighted by Gasteiger charge is 2.39. The van der Waals surface area contributed by atoms with Crippen molar-refractivity contribution < 1.29 is 19.1 Å². The predicted octanol–water partition coefficient (Wildman–Crippen LogP) is 1.91. The van der Waals surface area contributed by atoms with Crippen molar-refractivity contribution in [2.24, 2.45) is 11.8 Å². The SMILES string of the molecule is O=C(NC[C@@H]1COCCO1)[C@H]1CCCC[C@@H]1C(=O)N1CCc2ccccc21. The first kappa shape index (κ1) is 18.4. The van der Waals surface area contributed by atoms with Crippen LogP contribution in [0.15, 0.2) is 24.3 Å². The molecule has 2 fully saturated rings. The van der Waals surface area contributed by atoms with Gasteiger partial charge in [0.05, 0.1) is 31.8 Å². The first-order valence-corrected chi connectivity index (χ1v) is 10.1. The molecule has 6 heteroatoms. The van der Waals surface area contributed by atoms with Crippen LogP contribution in [-0.4, -0.2) is 50.8 Å². The molecule has 4 rings (SSSR count). The number of rotatable bonds is 4. The fourth-order valence-corrected chi connectivity index (χ4v) is 4.51. The van der Waals surface area contributed by atoms with Crippen molar-refractivity contribution in [1.82, 2.24) is 5.32 Å². The van der Waals surface area contributed by atoms with E-state index in [-0.39, 0.29) is 29.8 Å². The van der Waals surface area contributed by atoms with E-state index < -0.39 is 0 Å². The number of hydrogen-bond donors (Lipinski definition) is 1. The summed E-state index contributed by atoms with van der Waals surface area (Å²) < 4.78 is 11.0. The van der Waals surface area contributed by atoms with Crippen LogP contribution in [0.5, 0.6) is 0 Å². The summed E-state index contributed by atoms with van der Waals surface area (Å²) in [6, 6.07) is 8.08. The quantitative estimate of drug-likeness (QED) is 0.877. The van der Waals surface area contributed by atoms with Crippen LogP contribution in [0.25, 0.3) is 0 Å². The molecule has 1 aromatic rings. The first-order chi connectivity index (χ1) is 13.2. The Morgan fingerprint density at radius 2 is 1.93 bits per heavy atom. The molecule has 0 aromatic heterocycles. The van der Waals surface area contributed by atoms with Crippen LogP contribution in [0.3, 0.4) is 0 Å². The summed E-state index contributed by atoms with van der Waals surface area (Å²) in [5, 5.41) is 3.00. The molecule has 2 heterocycles. The van der Waals surface area contributed by atoms with Crippen LogP contribution >= 0.6 is 0 Å². The first-order valence-electron chi connectivity index (χ1n) is 10.1. The monoisotopic (exact) mass is 372 g/mol. The maximum absolute atomic E-state index is 13.3. The van der Waals surface area contributed by atoms with Crippen LogP contribution in [-0.2, 0) is 25.5 Å². The van der Waals surface area contributed by atoms with E-state index in [9.17, 15) is 9.59 Å². The van der Waals surface area contributed by atoms with Crippen molar-refractivity contribution in [3.63, 3.8) is 0 Å². The van der Waals surface area contributed by atoms with Gasteiger partial charge in [0.1, 0.15) is 0 Å². The zero-order valence-electron chi connectivity index (χ0n) is 15.7. The molecule has 2 aliphatic heterocycles. The van der Waals surface area contributed by atoms with Crippen molar-refractivity contribution in [2.75, 3.05) is 37.8 Å². The average molecular weight is 372 g/mol. The van der Waals surface area contributed by atoms with Gasteiger partial charge in [-0.1, -0.05) is 31.0 Å². The fraction of sp³-hybridized carbons (Fsp3) is 0.619. The minimum Gasteiger partial charge on any atom is -0.376 e. The number of hydrogen-bond acceptors (Lipinski definition) is 4. The molecule has 3 atom stereocenters. The number of anilines is 1. The van der Waals surface area contributed by atoms with Crippen LogP contribution in [0.1, 0.15) is 31.2 Å². The molecule has 2 amide bonds. The lowest BCUT2D eigenvalue weighted by Gasteiger charge is -2.33. The van der Waals surface area contributed by atoms with Gasteiger partial charge in [-0.15, -0.1) is 0 Å². The number of nitrogens with one attached hydrogen (secondary N) is 1. The average Bonchev–Trinajstić information content (AvgIpc) is 3.16. The van der Waals surface area contributed by atoms with Crippen LogP contribution in [0.4, 0.5) is 5.69 Å². The number of carbonyl (C=O) groups is 2. The summed E-state index contributed by atoms with van der Waals surface area (Å²) in [5.41, 5.74) is 2.23. The number of para-hydroxylation sites is 1. The second-order valence-corrected chi connectivity index (χ2v) is 7.68. The van der Waals surface area contributed by atoms with Gasteiger partial charge in [0.25, 0.3) is 0 Å². The normalized spacial score (nSPS) is 27.9. The molecule has 3 aliphatic rings. The van der Waals surface area contributed by atoms with E-state index in [1.165, 1.54) is 5.56 Å². The number of fused-ring (bicyclic) bond motifs is 1. The van der Waals surface area contributed by atoms with Gasteiger partial charge in [0.2, 0.25) is 11.8 Å². The molecule has 0 radical (unpaired) electrons. The number of benzene rings is 1. The van der Waals surface area contributed by atoms with Gasteiger partial charge < -0.3 is 19.7 Å². The summed E-state index contributed by atoms with van der Waals surface area (Å²) in [5.74, 6) is -0.385. The third kappa shape index (κ3) is 4.01. The largest absolute Gasteiger partial charge is 0.376 e. The lowest BCUT2D eigenvalue weighted by Crippen LogP contribution is -2.47. The molecule has 1 saturated carbocycles. The van der Waals surface area contributed by atoms with Crippen LogP contribution in [0.2, 0.25) is 0 Å². The van der Waals surface area contributed by atoms with Crippen molar-refractivity contribution in [3.8, 4) is 0 Å². The second-order valence-electron chi connectivity index (χ2n) is 7.68. The lowest BCUT2D eigenvalue weighted by atomic mass is 9.77. The Labute approximate surface area is 160 Å². The molecule has 146 valence electrons. The minimum atomic E-state index is -0.247. The topological polar surface area (TPSA) is 67.9 Å². The second kappa shape index (κ2) is 8.40. The zero-order chi connectivity index (χ0) is 18.6. The Balaban J connectivity index is 1.41. The lowest BCUT2D eigenvalue weighted by molar-refractivity contribution is -0.136. The third-order valence-corrected chi connectivity index (χ3v) is 5.96. The van der Waals surface area contributed by atoms with Gasteiger partial charge in [0.15, 0.2) is 0 Å². The summed E-state index contributed by atoms with van der Waals surface area (Å²) in [6.45, 7) is 2.86. The number of amides is 2. The van der Waals surface area contributed by atoms with E-state index in [1.54, 1.807) is 0 Å². The van der Waals surface area contributed by atoms with Gasteiger partial charge in [-0.25, -0.2) is 0 Å². The fourth-order valence-electron chi connectivity index (χ4n) is 4.51. The van der Waals surface area contributed by atoms with E-state index in [2.05, 4.69) is 11.4 Å². The molecule has 0 spiro atoms. The van der Waals surface area contributed by atoms with Gasteiger partial charge in [0, 0.05) is 24.7 Å². The van der Waals surface area contributed by atoms with Gasteiger partial charge in [-0.05, 0) is 30.9 Å². The van der Waals surface area contributed by atoms with Crippen LogP contribution < -0.4 is 10.2 Å². The van der Waals surface area contributed by atoms with Crippen molar-refractivity contribution in [2.45, 2.75) is 38.2 Å². The standard InChI is InChI=1S/C21H28N2O4/c24-20(22-13-16-14-26-11-12-27-16)17-6-2-3-7-18(17)21(25)23-10-9-15-5-1-4-8-19(15)23/h1,4-5,8,16-18H,2-3,6-7,9-14H2,(H,22,24)/t16-,17+,18+/m1/s1. The molecular formula is C21H28N2O4. The van der Waals surface area contributed by atoms with Crippen molar-refractivity contribution in [3.05, 3.63) is 29.8 Å². The third-order valence-electron chi connectivity index (χ3n) is 5.96. The maximum atomic E-state index is 13.3. The van der Waals surface area contributed by atoms with Crippen molar-refractivity contribution >= 4 is 17.5 Å². The molecule has 0 unspecified atom stereocenters. The molecule has 1 aromatic carbocycles. The smallest absolute Gasteiger partial charge is 0.230 e. The summed E-state index contributed by atoms with van der Waals surface area (Å²) in [6.07, 6.45) is 4.38. The molecule has 1 N–H and O–H groups in total. The van der Waals surface area contributed by atoms with Gasteiger partial charge in [-0.3, -0.25) is 9.59 Å². The van der Waals surface area contributed by atoms with Crippen molar-refractivity contribution in [1.29, 1.82) is 0 Å². The maximum Gasteiger partial charge on any atom is 0.230 e. The van der Waals surface area contributed by atoms with E-state index >= 15 is 0 Å². The Morgan fingerprint density at radius 3 is 2.74 bits per heavy atom. The Hall–Kier alpha value is -1.92. The van der Waals surface area contributed by atoms with Gasteiger partial charge >= 0.3 is 0 Å². The molecule has 27 heavy (non-hydrogen) atoms. The molecular weight excluding hydrogens is 344 g/mol. The van der Waals surface area contributed by atoms with E-state index in [4.69, 9.17) is 9.47 Å². The summed E-state index contributed by atoms with van der Waals surface area (Å²) in [7, 11) is 0. The molecule has 6 nitrogen and oxygen atoms in total. The van der Waals surface area contributed by atoms with E-state index in [0.717, 1.165) is 44.3 Å². The highest BCUT2D eigenvalue weighted by molar-refractivity contribution is 5.99. The molecule has 0 bridgehead atoms. The molecule has 1 saturated heterocycles. The molecule has 1 aliphatic carbocycles. The number of nitrogens with zero attached hydrogens (tertiary/aromatic N) is 1. The predicted molar refractivity (Wildman–Crippen MR) is 102 cm³/mol. The summed E-state index contributed by atoms with van der Waals surface area (Å²) in [4.78, 5) is 28.0. The van der Waals surface area contributed by atoms with Crippen LogP contribution in [0, 0.1) is 11.8 Å². The number of ether oxygens (including phenoxy) is 2. The Morgan fingerprint density at radius 1 is 1.11 bits per heavy atom.